The second kappa shape index (κ2) is 10.5. The van der Waals surface area contributed by atoms with E-state index in [2.05, 4.69) is 11.4 Å². The molecule has 0 spiro atoms. The van der Waals surface area contributed by atoms with Crippen molar-refractivity contribution in [2.24, 2.45) is 5.41 Å². The van der Waals surface area contributed by atoms with Crippen LogP contribution in [-0.4, -0.2) is 33.3 Å². The predicted octanol–water partition coefficient (Wildman–Crippen LogP) is 4.69. The van der Waals surface area contributed by atoms with Crippen molar-refractivity contribution in [1.29, 1.82) is 5.26 Å². The number of fused-ring (bicyclic) bond motifs is 1. The quantitative estimate of drug-likeness (QED) is 0.489. The van der Waals surface area contributed by atoms with Crippen LogP contribution in [-0.2, 0) is 17.6 Å². The molecule has 1 N–H and O–H groups in total. The number of nitrogens with zero attached hydrogens (tertiary/aromatic N) is 1. The van der Waals surface area contributed by atoms with Crippen molar-refractivity contribution in [3.63, 3.8) is 0 Å². The Kier molecular flexibility index (Phi) is 7.25. The lowest BCUT2D eigenvalue weighted by Gasteiger charge is -2.27. The molecule has 1 aliphatic heterocycles. The number of carbonyl (C=O) groups is 1. The second-order valence-corrected chi connectivity index (χ2v) is 8.30. The molecule has 9 heteroatoms. The summed E-state index contributed by atoms with van der Waals surface area (Å²) in [6, 6.07) is 15.5. The summed E-state index contributed by atoms with van der Waals surface area (Å²) in [4.78, 5) is 13.6. The van der Waals surface area contributed by atoms with Crippen molar-refractivity contribution in [3.8, 4) is 29.1 Å². The van der Waals surface area contributed by atoms with Crippen molar-refractivity contribution in [3.05, 3.63) is 77.4 Å². The van der Waals surface area contributed by atoms with Crippen LogP contribution in [0.1, 0.15) is 11.1 Å². The van der Waals surface area contributed by atoms with Crippen molar-refractivity contribution in [2.45, 2.75) is 12.8 Å². The van der Waals surface area contributed by atoms with Gasteiger partial charge in [-0.1, -0.05) is 12.1 Å². The smallest absolute Gasteiger partial charge is 0.245 e. The summed E-state index contributed by atoms with van der Waals surface area (Å²) in [5.41, 5.74) is -0.497. The van der Waals surface area contributed by atoms with Gasteiger partial charge in [-0.25, -0.2) is 8.78 Å². The maximum atomic E-state index is 14.4. The Balaban J connectivity index is 1.69. The molecule has 1 amide bonds. The predicted molar refractivity (Wildman–Crippen MR) is 127 cm³/mol. The van der Waals surface area contributed by atoms with Crippen LogP contribution < -0.4 is 24.3 Å². The monoisotopic (exact) mass is 494 g/mol. The molecule has 1 aliphatic rings. The van der Waals surface area contributed by atoms with E-state index < -0.39 is 23.0 Å². The maximum absolute atomic E-state index is 14.4. The van der Waals surface area contributed by atoms with Crippen LogP contribution in [0.25, 0.3) is 0 Å². The summed E-state index contributed by atoms with van der Waals surface area (Å²) >= 11 is 0. The number of benzene rings is 3. The molecule has 36 heavy (non-hydrogen) atoms. The molecular formula is C27H24F2N2O5. The van der Waals surface area contributed by atoms with Crippen molar-refractivity contribution in [1.82, 2.24) is 0 Å². The highest BCUT2D eigenvalue weighted by Crippen LogP contribution is 2.35. The van der Waals surface area contributed by atoms with Gasteiger partial charge in [-0.2, -0.15) is 5.26 Å². The minimum atomic E-state index is -1.70. The molecule has 0 atom stereocenters. The molecule has 186 valence electrons. The number of amides is 1. The van der Waals surface area contributed by atoms with Gasteiger partial charge in [0.1, 0.15) is 18.6 Å². The summed E-state index contributed by atoms with van der Waals surface area (Å²) in [5.74, 6) is -0.772. The first kappa shape index (κ1) is 24.8. The number of nitriles is 1. The Morgan fingerprint density at radius 2 is 1.47 bits per heavy atom. The van der Waals surface area contributed by atoms with E-state index in [0.29, 0.717) is 41.5 Å². The van der Waals surface area contributed by atoms with E-state index in [4.69, 9.17) is 18.9 Å². The fourth-order valence-electron chi connectivity index (χ4n) is 4.06. The molecule has 3 aromatic rings. The Morgan fingerprint density at radius 3 is 1.97 bits per heavy atom. The van der Waals surface area contributed by atoms with Gasteiger partial charge in [0.05, 0.1) is 20.3 Å². The van der Waals surface area contributed by atoms with Gasteiger partial charge in [0.2, 0.25) is 5.91 Å². The molecule has 3 aromatic carbocycles. The Hall–Kier alpha value is -4.32. The first-order valence-electron chi connectivity index (χ1n) is 11.1. The zero-order valence-electron chi connectivity index (χ0n) is 19.8. The molecular weight excluding hydrogens is 470 g/mol. The summed E-state index contributed by atoms with van der Waals surface area (Å²) in [7, 11) is 2.69. The van der Waals surface area contributed by atoms with E-state index >= 15 is 0 Å². The summed E-state index contributed by atoms with van der Waals surface area (Å²) in [6.07, 6.45) is -0.261. The number of ether oxygens (including phenoxy) is 4. The topological polar surface area (TPSA) is 89.8 Å². The lowest BCUT2D eigenvalue weighted by Crippen LogP contribution is -2.39. The number of hydrogen-bond donors (Lipinski definition) is 1. The number of hydrogen-bond acceptors (Lipinski definition) is 6. The highest BCUT2D eigenvalue weighted by molar-refractivity contribution is 5.98. The SMILES string of the molecule is COc1ccc(CC(C#N)(Cc2ccc(OC)c(F)c2)C(=O)Nc2ccc3c(c2)OCCO3)cc1F. The molecule has 0 saturated carbocycles. The molecule has 0 saturated heterocycles. The number of halogens is 2. The standard InChI is InChI=1S/C27H24F2N2O5/c1-33-22-6-3-17(11-20(22)28)14-27(16-30,15-18-4-7-23(34-2)21(29)12-18)26(32)31-19-5-8-24-25(13-19)36-10-9-35-24/h3-8,11-13H,9-10,14-15H2,1-2H3,(H,31,32). The lowest BCUT2D eigenvalue weighted by molar-refractivity contribution is -0.122. The third-order valence-electron chi connectivity index (χ3n) is 5.89. The van der Waals surface area contributed by atoms with E-state index in [1.54, 1.807) is 30.3 Å². The minimum Gasteiger partial charge on any atom is -0.494 e. The molecule has 1 heterocycles. The van der Waals surface area contributed by atoms with Crippen molar-refractivity contribution in [2.75, 3.05) is 32.8 Å². The number of carbonyl (C=O) groups excluding carboxylic acids is 1. The van der Waals surface area contributed by atoms with Crippen LogP contribution in [0.4, 0.5) is 14.5 Å². The van der Waals surface area contributed by atoms with Crippen LogP contribution >= 0.6 is 0 Å². The summed E-state index contributed by atoms with van der Waals surface area (Å²) < 4.78 is 49.8. The van der Waals surface area contributed by atoms with E-state index in [1.165, 1.54) is 38.5 Å². The molecule has 0 fully saturated rings. The van der Waals surface area contributed by atoms with Crippen LogP contribution in [0.2, 0.25) is 0 Å². The van der Waals surface area contributed by atoms with Gasteiger partial charge in [0.15, 0.2) is 34.6 Å². The molecule has 4 rings (SSSR count). The average molecular weight is 494 g/mol. The third kappa shape index (κ3) is 5.18. The molecule has 7 nitrogen and oxygen atoms in total. The number of rotatable bonds is 8. The molecule has 0 unspecified atom stereocenters. The number of anilines is 1. The van der Waals surface area contributed by atoms with Gasteiger partial charge in [-0.05, 0) is 47.5 Å². The average Bonchev–Trinajstić information content (AvgIpc) is 2.88. The van der Waals surface area contributed by atoms with Gasteiger partial charge >= 0.3 is 0 Å². The zero-order chi connectivity index (χ0) is 25.7. The van der Waals surface area contributed by atoms with Crippen molar-refractivity contribution < 1.29 is 32.5 Å². The summed E-state index contributed by atoms with van der Waals surface area (Å²) in [5, 5.41) is 13.1. The maximum Gasteiger partial charge on any atom is 0.245 e. The van der Waals surface area contributed by atoms with Gasteiger partial charge in [-0.3, -0.25) is 4.79 Å². The first-order chi connectivity index (χ1) is 17.4. The molecule has 0 bridgehead atoms. The van der Waals surface area contributed by atoms with Gasteiger partial charge in [0.25, 0.3) is 0 Å². The highest BCUT2D eigenvalue weighted by atomic mass is 19.1. The molecule has 0 aromatic heterocycles. The van der Waals surface area contributed by atoms with Crippen LogP contribution in [0, 0.1) is 28.4 Å². The normalized spacial score (nSPS) is 12.4. The third-order valence-corrected chi connectivity index (χ3v) is 5.89. The molecule has 0 radical (unpaired) electrons. The Morgan fingerprint density at radius 1 is 0.917 bits per heavy atom. The fraction of sp³-hybridized carbons (Fsp3) is 0.259. The van der Waals surface area contributed by atoms with E-state index in [1.807, 2.05) is 0 Å². The van der Waals surface area contributed by atoms with Gasteiger partial charge in [0, 0.05) is 24.6 Å². The lowest BCUT2D eigenvalue weighted by atomic mass is 9.76. The Labute approximate surface area is 207 Å². The van der Waals surface area contributed by atoms with E-state index in [0.717, 1.165) is 0 Å². The number of methoxy groups -OCH3 is 2. The highest BCUT2D eigenvalue weighted by Gasteiger charge is 2.40. The van der Waals surface area contributed by atoms with Crippen LogP contribution in [0.15, 0.2) is 54.6 Å². The summed E-state index contributed by atoms with van der Waals surface area (Å²) in [6.45, 7) is 0.797. The van der Waals surface area contributed by atoms with E-state index in [-0.39, 0.29) is 24.3 Å². The van der Waals surface area contributed by atoms with E-state index in [9.17, 15) is 18.8 Å². The minimum absolute atomic E-state index is 0.0410. The second-order valence-electron chi connectivity index (χ2n) is 8.30. The zero-order valence-corrected chi connectivity index (χ0v) is 19.8. The first-order valence-corrected chi connectivity index (χ1v) is 11.1. The van der Waals surface area contributed by atoms with Gasteiger partial charge in [-0.15, -0.1) is 0 Å². The number of nitrogens with one attached hydrogen (secondary N) is 1. The van der Waals surface area contributed by atoms with Crippen molar-refractivity contribution >= 4 is 11.6 Å². The fourth-order valence-corrected chi connectivity index (χ4v) is 4.06. The van der Waals surface area contributed by atoms with Crippen LogP contribution in [0.5, 0.6) is 23.0 Å². The van der Waals surface area contributed by atoms with Gasteiger partial charge < -0.3 is 24.3 Å². The molecule has 0 aliphatic carbocycles. The Bertz CT molecular complexity index is 1270. The largest absolute Gasteiger partial charge is 0.494 e. The van der Waals surface area contributed by atoms with Crippen LogP contribution in [0.3, 0.4) is 0 Å².